The van der Waals surface area contributed by atoms with E-state index < -0.39 is 6.10 Å². The Kier molecular flexibility index (Phi) is 3.72. The molecule has 1 fully saturated rings. The maximum atomic E-state index is 10.9. The molecule has 1 aromatic rings. The first-order valence-electron chi connectivity index (χ1n) is 7.79. The Hall–Kier alpha value is -1.10. The molecular formula is C17H26NO3+. The summed E-state index contributed by atoms with van der Waals surface area (Å²) in [4.78, 5) is 1.37. The molecular weight excluding hydrogens is 266 g/mol. The molecule has 3 rings (SSSR count). The monoisotopic (exact) mass is 292 g/mol. The normalized spacial score (nSPS) is 28.8. The minimum Gasteiger partial charge on any atom is -0.442 e. The number of quaternary nitrogens is 1. The van der Waals surface area contributed by atoms with Crippen LogP contribution in [0.15, 0.2) is 12.1 Å². The van der Waals surface area contributed by atoms with E-state index in [1.54, 1.807) is 0 Å². The van der Waals surface area contributed by atoms with Crippen LogP contribution in [0.3, 0.4) is 0 Å². The van der Waals surface area contributed by atoms with Crippen LogP contribution in [0.25, 0.3) is 0 Å². The van der Waals surface area contributed by atoms with Crippen molar-refractivity contribution in [2.75, 3.05) is 26.3 Å². The minimum atomic E-state index is -0.498. The fourth-order valence-corrected chi connectivity index (χ4v) is 3.69. The first kappa shape index (κ1) is 14.8. The number of morpholine rings is 1. The quantitative estimate of drug-likeness (QED) is 0.811. The lowest BCUT2D eigenvalue weighted by atomic mass is 9.76. The van der Waals surface area contributed by atoms with E-state index in [0.717, 1.165) is 43.2 Å². The Morgan fingerprint density at radius 1 is 1.19 bits per heavy atom. The van der Waals surface area contributed by atoms with E-state index in [4.69, 9.17) is 9.47 Å². The zero-order chi connectivity index (χ0) is 15.2. The highest BCUT2D eigenvalue weighted by atomic mass is 16.5. The van der Waals surface area contributed by atoms with Crippen molar-refractivity contribution in [2.45, 2.75) is 40.0 Å². The molecule has 116 valence electrons. The lowest BCUT2D eigenvalue weighted by Crippen LogP contribution is -3.20. The lowest BCUT2D eigenvalue weighted by Gasteiger charge is -2.46. The van der Waals surface area contributed by atoms with Gasteiger partial charge in [-0.05, 0) is 44.9 Å². The van der Waals surface area contributed by atoms with Gasteiger partial charge in [0.1, 0.15) is 18.8 Å². The molecule has 4 nitrogen and oxygen atoms in total. The van der Waals surface area contributed by atoms with Crippen LogP contribution in [0.5, 0.6) is 5.75 Å². The molecule has 21 heavy (non-hydrogen) atoms. The number of aryl methyl sites for hydroxylation is 2. The predicted octanol–water partition coefficient (Wildman–Crippen LogP) is 0.997. The zero-order valence-corrected chi connectivity index (χ0v) is 13.4. The molecule has 0 saturated carbocycles. The molecule has 2 aliphatic heterocycles. The summed E-state index contributed by atoms with van der Waals surface area (Å²) in [6, 6.07) is 4.16. The van der Waals surface area contributed by atoms with Crippen molar-refractivity contribution < 1.29 is 19.5 Å². The van der Waals surface area contributed by atoms with Gasteiger partial charge in [0.2, 0.25) is 6.23 Å². The van der Waals surface area contributed by atoms with Crippen molar-refractivity contribution in [3.8, 4) is 5.75 Å². The summed E-state index contributed by atoms with van der Waals surface area (Å²) in [5, 5.41) is 10.9. The van der Waals surface area contributed by atoms with E-state index in [0.29, 0.717) is 0 Å². The summed E-state index contributed by atoms with van der Waals surface area (Å²) in [5.74, 6) is 0.850. The largest absolute Gasteiger partial charge is 0.442 e. The molecule has 0 unspecified atom stereocenters. The van der Waals surface area contributed by atoms with Crippen LogP contribution in [-0.4, -0.2) is 37.6 Å². The summed E-state index contributed by atoms with van der Waals surface area (Å²) < 4.78 is 11.8. The third-order valence-corrected chi connectivity index (χ3v) is 4.90. The Bertz CT molecular complexity index is 535. The van der Waals surface area contributed by atoms with E-state index in [9.17, 15) is 5.11 Å². The molecule has 2 aliphatic rings. The van der Waals surface area contributed by atoms with Gasteiger partial charge in [0, 0.05) is 5.56 Å². The predicted molar refractivity (Wildman–Crippen MR) is 80.6 cm³/mol. The average Bonchev–Trinajstić information content (AvgIpc) is 2.43. The van der Waals surface area contributed by atoms with Crippen LogP contribution in [0.4, 0.5) is 0 Å². The van der Waals surface area contributed by atoms with Gasteiger partial charge < -0.3 is 14.6 Å². The second-order valence-electron chi connectivity index (χ2n) is 6.99. The van der Waals surface area contributed by atoms with Crippen molar-refractivity contribution in [1.29, 1.82) is 0 Å². The van der Waals surface area contributed by atoms with Crippen molar-refractivity contribution in [1.82, 2.24) is 0 Å². The molecule has 0 bridgehead atoms. The number of rotatable bonds is 1. The van der Waals surface area contributed by atoms with E-state index in [2.05, 4.69) is 33.8 Å². The summed E-state index contributed by atoms with van der Waals surface area (Å²) in [5.41, 5.74) is 2.92. The number of nitrogens with one attached hydrogen (secondary N) is 1. The number of aliphatic hydroxyl groups is 1. The Balaban J connectivity index is 2.00. The van der Waals surface area contributed by atoms with Crippen molar-refractivity contribution in [3.05, 3.63) is 28.8 Å². The number of hydrogen-bond acceptors (Lipinski definition) is 3. The smallest absolute Gasteiger partial charge is 0.240 e. The number of benzene rings is 1. The molecule has 0 spiro atoms. The first-order chi connectivity index (χ1) is 9.91. The number of aliphatic hydroxyl groups excluding tert-OH is 1. The molecule has 2 atom stereocenters. The topological polar surface area (TPSA) is 43.1 Å². The van der Waals surface area contributed by atoms with E-state index in [1.165, 1.54) is 10.5 Å². The van der Waals surface area contributed by atoms with Crippen molar-refractivity contribution >= 4 is 0 Å². The maximum absolute atomic E-state index is 10.9. The van der Waals surface area contributed by atoms with E-state index >= 15 is 0 Å². The molecule has 1 saturated heterocycles. The van der Waals surface area contributed by atoms with E-state index in [1.807, 2.05) is 6.07 Å². The summed E-state index contributed by atoms with van der Waals surface area (Å²) in [6.07, 6.45) is -0.535. The average molecular weight is 292 g/mol. The number of ether oxygens (including phenoxy) is 2. The molecule has 0 amide bonds. The van der Waals surface area contributed by atoms with Gasteiger partial charge in [0.05, 0.1) is 24.7 Å². The van der Waals surface area contributed by atoms with Crippen LogP contribution in [0.1, 0.15) is 36.6 Å². The second-order valence-corrected chi connectivity index (χ2v) is 6.99. The van der Waals surface area contributed by atoms with Crippen LogP contribution in [0, 0.1) is 19.3 Å². The molecule has 1 aromatic carbocycles. The van der Waals surface area contributed by atoms with Crippen LogP contribution < -0.4 is 9.64 Å². The molecule has 0 radical (unpaired) electrons. The zero-order valence-electron chi connectivity index (χ0n) is 13.4. The first-order valence-corrected chi connectivity index (χ1v) is 7.79. The molecule has 2 heterocycles. The van der Waals surface area contributed by atoms with Crippen molar-refractivity contribution in [3.63, 3.8) is 0 Å². The highest BCUT2D eigenvalue weighted by Crippen LogP contribution is 2.46. The highest BCUT2D eigenvalue weighted by Gasteiger charge is 2.50. The van der Waals surface area contributed by atoms with Crippen LogP contribution in [-0.2, 0) is 4.74 Å². The maximum Gasteiger partial charge on any atom is 0.240 e. The molecule has 4 heteroatoms. The fraction of sp³-hybridized carbons (Fsp3) is 0.647. The lowest BCUT2D eigenvalue weighted by molar-refractivity contribution is -0.960. The minimum absolute atomic E-state index is 0.0369. The standard InChI is InChI=1S/C17H25NO3/c1-11-9-12(2)14-13(10-11)21-16(17(3,4)15(14)19)18-5-7-20-8-6-18/h9-10,15-16,19H,5-8H2,1-4H3/p+1/t15-,16-/m1/s1. The van der Waals surface area contributed by atoms with Gasteiger partial charge in [-0.1, -0.05) is 6.07 Å². The van der Waals surface area contributed by atoms with Gasteiger partial charge >= 0.3 is 0 Å². The summed E-state index contributed by atoms with van der Waals surface area (Å²) >= 11 is 0. The van der Waals surface area contributed by atoms with Gasteiger partial charge in [-0.25, -0.2) is 0 Å². The van der Waals surface area contributed by atoms with Gasteiger partial charge in [0.25, 0.3) is 0 Å². The van der Waals surface area contributed by atoms with Crippen LogP contribution in [0.2, 0.25) is 0 Å². The van der Waals surface area contributed by atoms with Crippen LogP contribution >= 0.6 is 0 Å². The van der Waals surface area contributed by atoms with Gasteiger partial charge in [-0.15, -0.1) is 0 Å². The third kappa shape index (κ3) is 2.45. The molecule has 2 N–H and O–H groups in total. The summed E-state index contributed by atoms with van der Waals surface area (Å²) in [7, 11) is 0. The SMILES string of the molecule is Cc1cc(C)c2c(c1)O[C@@H]([NH+]1CCOCC1)C(C)(C)[C@@H]2O. The van der Waals surface area contributed by atoms with Gasteiger partial charge in [0.15, 0.2) is 0 Å². The fourth-order valence-electron chi connectivity index (χ4n) is 3.69. The number of hydrogen-bond donors (Lipinski definition) is 2. The molecule has 0 aromatic heterocycles. The Morgan fingerprint density at radius 2 is 1.86 bits per heavy atom. The Morgan fingerprint density at radius 3 is 2.52 bits per heavy atom. The van der Waals surface area contributed by atoms with Crippen molar-refractivity contribution in [2.24, 2.45) is 5.41 Å². The van der Waals surface area contributed by atoms with Gasteiger partial charge in [-0.3, -0.25) is 4.90 Å². The summed E-state index contributed by atoms with van der Waals surface area (Å²) in [6.45, 7) is 11.7. The number of fused-ring (bicyclic) bond motifs is 1. The van der Waals surface area contributed by atoms with E-state index in [-0.39, 0.29) is 11.6 Å². The Labute approximate surface area is 126 Å². The van der Waals surface area contributed by atoms with Gasteiger partial charge in [-0.2, -0.15) is 0 Å². The highest BCUT2D eigenvalue weighted by molar-refractivity contribution is 5.46. The molecule has 0 aliphatic carbocycles. The third-order valence-electron chi connectivity index (χ3n) is 4.90. The second kappa shape index (κ2) is 5.27.